The van der Waals surface area contributed by atoms with Crippen molar-refractivity contribution in [1.82, 2.24) is 19.9 Å². The van der Waals surface area contributed by atoms with Gasteiger partial charge in [0, 0.05) is 56.0 Å². The van der Waals surface area contributed by atoms with E-state index in [1.165, 1.54) is 0 Å². The van der Waals surface area contributed by atoms with Gasteiger partial charge in [-0.1, -0.05) is 12.1 Å². The van der Waals surface area contributed by atoms with Crippen molar-refractivity contribution in [2.75, 3.05) is 12.1 Å². The molecule has 2 aromatic heterocycles. The highest BCUT2D eigenvalue weighted by Crippen LogP contribution is 2.33. The Bertz CT molecular complexity index is 932. The molecule has 3 heterocycles. The third kappa shape index (κ3) is 5.20. The van der Waals surface area contributed by atoms with Crippen LogP contribution in [0.3, 0.4) is 0 Å². The number of benzene rings is 1. The quantitative estimate of drug-likeness (QED) is 0.629. The summed E-state index contributed by atoms with van der Waals surface area (Å²) < 4.78 is 10.9. The Morgan fingerprint density at radius 2 is 1.69 bits per heavy atom. The van der Waals surface area contributed by atoms with E-state index in [0.29, 0.717) is 12.0 Å². The third-order valence-corrected chi connectivity index (χ3v) is 4.50. The summed E-state index contributed by atoms with van der Waals surface area (Å²) in [5, 5.41) is 3.22. The molecule has 150 valence electrons. The van der Waals surface area contributed by atoms with Gasteiger partial charge in [-0.2, -0.15) is 0 Å². The molecular formula is C22H25N5O2. The molecule has 0 spiro atoms. The maximum absolute atomic E-state index is 5.52. The van der Waals surface area contributed by atoms with E-state index in [0.717, 1.165) is 47.8 Å². The summed E-state index contributed by atoms with van der Waals surface area (Å²) in [6.07, 6.45) is 7.46. The number of rotatable bonds is 8. The minimum atomic E-state index is 0.284. The summed E-state index contributed by atoms with van der Waals surface area (Å²) in [7, 11) is 0. The summed E-state index contributed by atoms with van der Waals surface area (Å²) in [4.78, 5) is 15.4. The second kappa shape index (κ2) is 8.87. The van der Waals surface area contributed by atoms with Crippen LogP contribution in [0, 0.1) is 0 Å². The van der Waals surface area contributed by atoms with Crippen LogP contribution in [0.25, 0.3) is 0 Å². The van der Waals surface area contributed by atoms with Crippen LogP contribution in [0.2, 0.25) is 0 Å². The Labute approximate surface area is 170 Å². The summed E-state index contributed by atoms with van der Waals surface area (Å²) in [5.74, 6) is 2.25. The Balaban J connectivity index is 1.50. The van der Waals surface area contributed by atoms with Gasteiger partial charge in [0.1, 0.15) is 0 Å². The van der Waals surface area contributed by atoms with Crippen LogP contribution in [0.15, 0.2) is 55.1 Å². The number of fused-ring (bicyclic) bond motifs is 1. The van der Waals surface area contributed by atoms with E-state index < -0.39 is 0 Å². The van der Waals surface area contributed by atoms with Crippen molar-refractivity contribution in [3.05, 3.63) is 71.8 Å². The number of nitrogens with zero attached hydrogens (tertiary/aromatic N) is 4. The predicted molar refractivity (Wildman–Crippen MR) is 111 cm³/mol. The van der Waals surface area contributed by atoms with Gasteiger partial charge in [0.2, 0.25) is 12.7 Å². The largest absolute Gasteiger partial charge is 0.454 e. The van der Waals surface area contributed by atoms with Gasteiger partial charge in [-0.3, -0.25) is 9.88 Å². The van der Waals surface area contributed by atoms with Gasteiger partial charge in [-0.25, -0.2) is 9.97 Å². The summed E-state index contributed by atoms with van der Waals surface area (Å²) in [6.45, 7) is 6.68. The number of hydrogen-bond acceptors (Lipinski definition) is 7. The molecule has 3 aromatic rings. The van der Waals surface area contributed by atoms with Crippen LogP contribution in [-0.2, 0) is 19.6 Å². The molecule has 0 radical (unpaired) electrons. The third-order valence-electron chi connectivity index (χ3n) is 4.50. The zero-order chi connectivity index (χ0) is 20.1. The standard InChI is InChI=1S/C22H25N5O2/c1-16(2)26-22-24-10-19(11-25-22)14-27(13-18-4-3-7-23-9-18)12-17-5-6-20-21(8-17)29-15-28-20/h3-11,16H,12-15H2,1-2H3,(H,24,25,26). The first kappa shape index (κ1) is 19.1. The first-order valence-electron chi connectivity index (χ1n) is 9.73. The zero-order valence-electron chi connectivity index (χ0n) is 16.7. The summed E-state index contributed by atoms with van der Waals surface area (Å²) in [5.41, 5.74) is 3.38. The highest BCUT2D eigenvalue weighted by molar-refractivity contribution is 5.44. The highest BCUT2D eigenvalue weighted by Gasteiger charge is 2.15. The van der Waals surface area contributed by atoms with E-state index in [9.17, 15) is 0 Å². The Morgan fingerprint density at radius 3 is 2.45 bits per heavy atom. The number of pyridine rings is 1. The Kier molecular flexibility index (Phi) is 5.86. The van der Waals surface area contributed by atoms with E-state index in [2.05, 4.69) is 51.1 Å². The van der Waals surface area contributed by atoms with Crippen molar-refractivity contribution < 1.29 is 9.47 Å². The molecular weight excluding hydrogens is 366 g/mol. The van der Waals surface area contributed by atoms with Crippen LogP contribution in [0.4, 0.5) is 5.95 Å². The lowest BCUT2D eigenvalue weighted by molar-refractivity contribution is 0.174. The Morgan fingerprint density at radius 1 is 0.931 bits per heavy atom. The fourth-order valence-electron chi connectivity index (χ4n) is 3.24. The molecule has 7 nitrogen and oxygen atoms in total. The number of nitrogens with one attached hydrogen (secondary N) is 1. The monoisotopic (exact) mass is 391 g/mol. The van der Waals surface area contributed by atoms with Crippen LogP contribution < -0.4 is 14.8 Å². The minimum absolute atomic E-state index is 0.284. The summed E-state index contributed by atoms with van der Waals surface area (Å²) in [6, 6.07) is 10.4. The molecule has 0 fully saturated rings. The van der Waals surface area contributed by atoms with Crippen molar-refractivity contribution in [2.24, 2.45) is 0 Å². The highest BCUT2D eigenvalue weighted by atomic mass is 16.7. The van der Waals surface area contributed by atoms with E-state index in [1.54, 1.807) is 6.20 Å². The van der Waals surface area contributed by atoms with E-state index in [1.807, 2.05) is 36.8 Å². The van der Waals surface area contributed by atoms with Gasteiger partial charge in [0.25, 0.3) is 0 Å². The zero-order valence-corrected chi connectivity index (χ0v) is 16.7. The molecule has 29 heavy (non-hydrogen) atoms. The topological polar surface area (TPSA) is 72.4 Å². The molecule has 1 aromatic carbocycles. The molecule has 1 aliphatic rings. The average Bonchev–Trinajstić information content (AvgIpc) is 3.18. The molecule has 0 saturated carbocycles. The van der Waals surface area contributed by atoms with Crippen LogP contribution >= 0.6 is 0 Å². The van der Waals surface area contributed by atoms with Crippen molar-refractivity contribution in [2.45, 2.75) is 39.5 Å². The maximum atomic E-state index is 5.52. The molecule has 0 unspecified atom stereocenters. The molecule has 0 atom stereocenters. The Hall–Kier alpha value is -3.19. The minimum Gasteiger partial charge on any atom is -0.454 e. The van der Waals surface area contributed by atoms with Gasteiger partial charge < -0.3 is 14.8 Å². The molecule has 0 bridgehead atoms. The maximum Gasteiger partial charge on any atom is 0.231 e. The fraction of sp³-hybridized carbons (Fsp3) is 0.318. The number of aromatic nitrogens is 3. The number of ether oxygens (including phenoxy) is 2. The lowest BCUT2D eigenvalue weighted by atomic mass is 10.1. The van der Waals surface area contributed by atoms with Crippen molar-refractivity contribution in [3.8, 4) is 11.5 Å². The first-order valence-corrected chi connectivity index (χ1v) is 9.73. The van der Waals surface area contributed by atoms with E-state index >= 15 is 0 Å². The lowest BCUT2D eigenvalue weighted by Gasteiger charge is -2.22. The SMILES string of the molecule is CC(C)Nc1ncc(CN(Cc2cccnc2)Cc2ccc3c(c2)OCO3)cn1. The van der Waals surface area contributed by atoms with Gasteiger partial charge in [0.05, 0.1) is 0 Å². The fourth-order valence-corrected chi connectivity index (χ4v) is 3.24. The molecule has 1 aliphatic heterocycles. The molecule has 1 N–H and O–H groups in total. The van der Waals surface area contributed by atoms with E-state index in [4.69, 9.17) is 9.47 Å². The van der Waals surface area contributed by atoms with Crippen LogP contribution in [0.1, 0.15) is 30.5 Å². The van der Waals surface area contributed by atoms with Crippen LogP contribution in [0.5, 0.6) is 11.5 Å². The van der Waals surface area contributed by atoms with Crippen molar-refractivity contribution in [1.29, 1.82) is 0 Å². The lowest BCUT2D eigenvalue weighted by Crippen LogP contribution is -2.23. The second-order valence-electron chi connectivity index (χ2n) is 7.41. The number of hydrogen-bond donors (Lipinski definition) is 1. The molecule has 0 amide bonds. The first-order chi connectivity index (χ1) is 14.2. The van der Waals surface area contributed by atoms with Gasteiger partial charge in [-0.15, -0.1) is 0 Å². The van der Waals surface area contributed by atoms with Gasteiger partial charge in [-0.05, 0) is 43.2 Å². The second-order valence-corrected chi connectivity index (χ2v) is 7.41. The summed E-state index contributed by atoms with van der Waals surface area (Å²) >= 11 is 0. The van der Waals surface area contributed by atoms with Crippen LogP contribution in [-0.4, -0.2) is 32.7 Å². The number of anilines is 1. The van der Waals surface area contributed by atoms with Gasteiger partial charge in [0.15, 0.2) is 11.5 Å². The smallest absolute Gasteiger partial charge is 0.231 e. The molecule has 7 heteroatoms. The molecule has 0 aliphatic carbocycles. The molecule has 0 saturated heterocycles. The average molecular weight is 391 g/mol. The molecule has 4 rings (SSSR count). The van der Waals surface area contributed by atoms with Crippen molar-refractivity contribution >= 4 is 5.95 Å². The normalized spacial score (nSPS) is 12.6. The van der Waals surface area contributed by atoms with E-state index in [-0.39, 0.29) is 6.79 Å². The predicted octanol–water partition coefficient (Wildman–Crippen LogP) is 3.62. The van der Waals surface area contributed by atoms with Crippen molar-refractivity contribution in [3.63, 3.8) is 0 Å². The van der Waals surface area contributed by atoms with Gasteiger partial charge >= 0.3 is 0 Å².